The molecule has 43 heavy (non-hydrogen) atoms. The van der Waals surface area contributed by atoms with Crippen LogP contribution in [0.15, 0.2) is 40.1 Å². The second-order valence-electron chi connectivity index (χ2n) is 15.4. The summed E-state index contributed by atoms with van der Waals surface area (Å²) in [7, 11) is -8.67. The molecule has 2 aromatic rings. The maximum absolute atomic E-state index is 12.8. The van der Waals surface area contributed by atoms with Crippen molar-refractivity contribution in [1.82, 2.24) is 0 Å². The van der Waals surface area contributed by atoms with E-state index in [9.17, 15) is 25.9 Å². The van der Waals surface area contributed by atoms with Gasteiger partial charge in [-0.2, -0.15) is 16.8 Å². The Labute approximate surface area is 259 Å². The molecule has 2 atom stereocenters. The van der Waals surface area contributed by atoms with Gasteiger partial charge in [0, 0.05) is 0 Å². The van der Waals surface area contributed by atoms with E-state index < -0.39 is 20.2 Å². The van der Waals surface area contributed by atoms with E-state index in [1.165, 1.54) is 5.56 Å². The van der Waals surface area contributed by atoms with E-state index in [-0.39, 0.29) is 32.5 Å². The van der Waals surface area contributed by atoms with Gasteiger partial charge in [-0.3, -0.25) is 9.11 Å². The molecule has 0 bridgehead atoms. The number of hydrogen-bond donors (Lipinski definition) is 2. The summed E-state index contributed by atoms with van der Waals surface area (Å²) in [6.07, 6.45) is 12.2. The minimum atomic E-state index is -4.34. The predicted octanol–water partition coefficient (Wildman–Crippen LogP) is 9.04. The Morgan fingerprint density at radius 2 is 1.16 bits per heavy atom. The van der Waals surface area contributed by atoms with Crippen LogP contribution < -0.4 is 0 Å². The van der Waals surface area contributed by atoms with Crippen molar-refractivity contribution in [1.29, 1.82) is 0 Å². The zero-order chi connectivity index (χ0) is 31.4. The van der Waals surface area contributed by atoms with Crippen LogP contribution in [0.1, 0.15) is 157 Å². The summed E-state index contributed by atoms with van der Waals surface area (Å²) >= 11 is 0. The summed E-state index contributed by atoms with van der Waals surface area (Å²) in [6.45, 7) is 10.4. The Morgan fingerprint density at radius 3 is 1.63 bits per heavy atom. The van der Waals surface area contributed by atoms with E-state index in [1.54, 1.807) is 12.1 Å². The number of benzene rings is 2. The molecule has 3 aliphatic rings. The lowest BCUT2D eigenvalue weighted by atomic mass is 9.74. The van der Waals surface area contributed by atoms with E-state index in [2.05, 4.69) is 32.0 Å². The van der Waals surface area contributed by atoms with Gasteiger partial charge in [-0.15, -0.1) is 0 Å². The Kier molecular flexibility index (Phi) is 9.02. The summed E-state index contributed by atoms with van der Waals surface area (Å²) in [6, 6.07) is 9.56. The molecule has 2 N–H and O–H groups in total. The molecule has 3 aliphatic carbocycles. The Hall–Kier alpha value is -1.74. The maximum Gasteiger partial charge on any atom is 0.295 e. The third-order valence-electron chi connectivity index (χ3n) is 10.7. The minimum Gasteiger partial charge on any atom is -0.282 e. The van der Waals surface area contributed by atoms with Crippen LogP contribution in [0, 0.1) is 5.92 Å². The van der Waals surface area contributed by atoms with Gasteiger partial charge in [0.1, 0.15) is 4.90 Å². The average molecular weight is 631 g/mol. The molecular weight excluding hydrogens is 581 g/mol. The highest BCUT2D eigenvalue weighted by Crippen LogP contribution is 2.49. The van der Waals surface area contributed by atoms with Crippen molar-refractivity contribution >= 4 is 20.2 Å². The van der Waals surface area contributed by atoms with Crippen LogP contribution >= 0.6 is 0 Å². The predicted molar refractivity (Wildman–Crippen MR) is 171 cm³/mol. The van der Waals surface area contributed by atoms with Crippen molar-refractivity contribution in [2.24, 2.45) is 5.92 Å². The van der Waals surface area contributed by atoms with Crippen molar-refractivity contribution in [3.63, 3.8) is 0 Å². The van der Waals surface area contributed by atoms with Crippen LogP contribution in [-0.2, 0) is 31.1 Å². The van der Waals surface area contributed by atoms with Crippen molar-refractivity contribution in [2.75, 3.05) is 0 Å². The Balaban J connectivity index is 1.45. The average Bonchev–Trinajstić information content (AvgIpc) is 3.69. The quantitative estimate of drug-likeness (QED) is 0.282. The highest BCUT2D eigenvalue weighted by atomic mass is 32.2. The molecule has 3 fully saturated rings. The summed E-state index contributed by atoms with van der Waals surface area (Å²) in [5.74, 6) is 1.12. The van der Waals surface area contributed by atoms with E-state index in [0.717, 1.165) is 99.3 Å². The van der Waals surface area contributed by atoms with E-state index >= 15 is 0 Å². The first-order valence-corrected chi connectivity index (χ1v) is 19.1. The van der Waals surface area contributed by atoms with Gasteiger partial charge in [0.15, 0.2) is 0 Å². The van der Waals surface area contributed by atoms with Crippen LogP contribution in [0.3, 0.4) is 0 Å². The number of rotatable bonds is 8. The Morgan fingerprint density at radius 1 is 0.651 bits per heavy atom. The SMILES string of the molecule is CC(C)(C)c1cc(C(C)(C)CC2CCC(c3cc(C4CCCC4)c(S(=O)(=O)O)c(C4CCCC4)c3)C2)cc(S(=O)(=O)O)c1. The zero-order valence-electron chi connectivity index (χ0n) is 26.5. The molecule has 2 unspecified atom stereocenters. The smallest absolute Gasteiger partial charge is 0.282 e. The molecule has 2 aromatic carbocycles. The normalized spacial score (nSPS) is 23.0. The molecule has 8 heteroatoms. The summed E-state index contributed by atoms with van der Waals surface area (Å²) in [5, 5.41) is 0. The van der Waals surface area contributed by atoms with Crippen LogP contribution in [0.25, 0.3) is 0 Å². The van der Waals surface area contributed by atoms with Crippen LogP contribution in [0.5, 0.6) is 0 Å². The molecular formula is C35H50O6S2. The second-order valence-corrected chi connectivity index (χ2v) is 18.2. The standard InChI is InChI=1S/C35H50O6S2/c1-34(2,3)28-19-29(21-30(20-28)42(36,37)38)35(4,5)22-23-14-15-26(16-23)27-17-31(24-10-6-7-11-24)33(43(39,40)41)32(18-27)25-12-8-9-13-25/h17-21,23-26H,6-16,22H2,1-5H3,(H,36,37,38)(H,39,40,41). The van der Waals surface area contributed by atoms with Gasteiger partial charge in [0.25, 0.3) is 20.2 Å². The zero-order valence-corrected chi connectivity index (χ0v) is 28.2. The monoisotopic (exact) mass is 630 g/mol. The topological polar surface area (TPSA) is 109 Å². The van der Waals surface area contributed by atoms with Gasteiger partial charge >= 0.3 is 0 Å². The first kappa shape index (κ1) is 32.6. The molecule has 3 saturated carbocycles. The first-order chi connectivity index (χ1) is 19.9. The van der Waals surface area contributed by atoms with Gasteiger partial charge in [-0.1, -0.05) is 78.5 Å². The van der Waals surface area contributed by atoms with Crippen molar-refractivity contribution in [3.05, 3.63) is 58.1 Å². The van der Waals surface area contributed by atoms with Gasteiger partial charge in [-0.05, 0) is 126 Å². The fourth-order valence-corrected chi connectivity index (χ4v) is 9.89. The Bertz CT molecular complexity index is 1520. The maximum atomic E-state index is 12.8. The van der Waals surface area contributed by atoms with Crippen LogP contribution in [0.2, 0.25) is 0 Å². The molecule has 6 nitrogen and oxygen atoms in total. The lowest BCUT2D eigenvalue weighted by Crippen LogP contribution is -2.23. The summed E-state index contributed by atoms with van der Waals surface area (Å²) in [4.78, 5) is 0.157. The highest BCUT2D eigenvalue weighted by Gasteiger charge is 2.36. The van der Waals surface area contributed by atoms with E-state index in [1.807, 2.05) is 20.8 Å². The molecule has 0 spiro atoms. The third kappa shape index (κ3) is 7.23. The van der Waals surface area contributed by atoms with Gasteiger partial charge in [0.2, 0.25) is 0 Å². The lowest BCUT2D eigenvalue weighted by Gasteiger charge is -2.31. The highest BCUT2D eigenvalue weighted by molar-refractivity contribution is 7.86. The fourth-order valence-electron chi connectivity index (χ4n) is 8.29. The van der Waals surface area contributed by atoms with Crippen LogP contribution in [0.4, 0.5) is 0 Å². The first-order valence-electron chi connectivity index (χ1n) is 16.2. The van der Waals surface area contributed by atoms with Gasteiger partial charge in [0.05, 0.1) is 4.90 Å². The molecule has 0 aliphatic heterocycles. The molecule has 0 radical (unpaired) electrons. The largest absolute Gasteiger partial charge is 0.295 e. The van der Waals surface area contributed by atoms with E-state index in [0.29, 0.717) is 11.8 Å². The summed E-state index contributed by atoms with van der Waals surface area (Å²) in [5.41, 5.74) is 4.14. The third-order valence-corrected chi connectivity index (χ3v) is 12.5. The second kappa shape index (κ2) is 11.9. The van der Waals surface area contributed by atoms with Crippen molar-refractivity contribution < 1.29 is 25.9 Å². The molecule has 238 valence electrons. The lowest BCUT2D eigenvalue weighted by molar-refractivity contribution is 0.361. The minimum absolute atomic E-state index is 0.0508. The summed E-state index contributed by atoms with van der Waals surface area (Å²) < 4.78 is 70.4. The van der Waals surface area contributed by atoms with E-state index in [4.69, 9.17) is 0 Å². The van der Waals surface area contributed by atoms with Gasteiger partial charge in [-0.25, -0.2) is 0 Å². The molecule has 5 rings (SSSR count). The molecule has 0 amide bonds. The molecule has 0 heterocycles. The van der Waals surface area contributed by atoms with Gasteiger partial charge < -0.3 is 0 Å². The van der Waals surface area contributed by atoms with Crippen molar-refractivity contribution in [3.8, 4) is 0 Å². The fraction of sp³-hybridized carbons (Fsp3) is 0.657. The van der Waals surface area contributed by atoms with Crippen molar-refractivity contribution in [2.45, 2.75) is 150 Å². The van der Waals surface area contributed by atoms with Crippen LogP contribution in [-0.4, -0.2) is 25.9 Å². The molecule has 0 aromatic heterocycles. The molecule has 0 saturated heterocycles. The number of hydrogen-bond acceptors (Lipinski definition) is 4.